The summed E-state index contributed by atoms with van der Waals surface area (Å²) in [7, 11) is 1.79. The van der Waals surface area contributed by atoms with Crippen LogP contribution in [0.5, 0.6) is 0 Å². The molecule has 0 bridgehead atoms. The SMILES string of the molecule is CC.CNc1cc(C(O)CC(C)C)ncn1. The highest BCUT2D eigenvalue weighted by Gasteiger charge is 2.11. The Labute approximate surface area is 98.1 Å². The Morgan fingerprint density at radius 3 is 2.44 bits per heavy atom. The van der Waals surface area contributed by atoms with E-state index in [1.54, 1.807) is 13.1 Å². The molecule has 1 aromatic heterocycles. The summed E-state index contributed by atoms with van der Waals surface area (Å²) < 4.78 is 0. The zero-order valence-corrected chi connectivity index (χ0v) is 10.9. The summed E-state index contributed by atoms with van der Waals surface area (Å²) in [4.78, 5) is 8.03. The van der Waals surface area contributed by atoms with E-state index in [1.165, 1.54) is 6.33 Å². The third kappa shape index (κ3) is 5.07. The number of nitrogens with one attached hydrogen (secondary N) is 1. The molecule has 16 heavy (non-hydrogen) atoms. The third-order valence-electron chi connectivity index (χ3n) is 1.98. The molecule has 2 N–H and O–H groups in total. The van der Waals surface area contributed by atoms with Crippen LogP contribution in [0.2, 0.25) is 0 Å². The predicted octanol–water partition coefficient (Wildman–Crippen LogP) is 2.62. The van der Waals surface area contributed by atoms with Crippen molar-refractivity contribution in [2.24, 2.45) is 5.92 Å². The molecule has 4 nitrogen and oxygen atoms in total. The van der Waals surface area contributed by atoms with Gasteiger partial charge in [-0.2, -0.15) is 0 Å². The van der Waals surface area contributed by atoms with Gasteiger partial charge in [0.15, 0.2) is 0 Å². The lowest BCUT2D eigenvalue weighted by Crippen LogP contribution is -2.05. The number of anilines is 1. The first kappa shape index (κ1) is 14.8. The number of aromatic nitrogens is 2. The molecule has 0 spiro atoms. The van der Waals surface area contributed by atoms with Crippen LogP contribution < -0.4 is 5.32 Å². The Morgan fingerprint density at radius 1 is 1.31 bits per heavy atom. The van der Waals surface area contributed by atoms with Gasteiger partial charge >= 0.3 is 0 Å². The molecule has 0 aliphatic heterocycles. The molecular weight excluding hydrogens is 202 g/mol. The number of hydrogen-bond donors (Lipinski definition) is 2. The minimum atomic E-state index is -0.495. The fraction of sp³-hybridized carbons (Fsp3) is 0.667. The lowest BCUT2D eigenvalue weighted by atomic mass is 10.0. The summed E-state index contributed by atoms with van der Waals surface area (Å²) in [6.07, 6.45) is 1.69. The molecule has 0 radical (unpaired) electrons. The fourth-order valence-electron chi connectivity index (χ4n) is 1.26. The van der Waals surface area contributed by atoms with Crippen LogP contribution >= 0.6 is 0 Å². The predicted molar refractivity (Wildman–Crippen MR) is 67.3 cm³/mol. The van der Waals surface area contributed by atoms with Crippen LogP contribution in [-0.2, 0) is 0 Å². The van der Waals surface area contributed by atoms with E-state index < -0.39 is 6.10 Å². The van der Waals surface area contributed by atoms with Crippen molar-refractivity contribution in [1.29, 1.82) is 0 Å². The van der Waals surface area contributed by atoms with Crippen molar-refractivity contribution >= 4 is 5.82 Å². The average molecular weight is 225 g/mol. The van der Waals surface area contributed by atoms with Gasteiger partial charge in [0.1, 0.15) is 12.1 Å². The van der Waals surface area contributed by atoms with E-state index in [4.69, 9.17) is 0 Å². The quantitative estimate of drug-likeness (QED) is 0.827. The van der Waals surface area contributed by atoms with Gasteiger partial charge in [0, 0.05) is 13.1 Å². The van der Waals surface area contributed by atoms with Crippen molar-refractivity contribution in [1.82, 2.24) is 9.97 Å². The van der Waals surface area contributed by atoms with Crippen LogP contribution in [0.4, 0.5) is 5.82 Å². The van der Waals surface area contributed by atoms with E-state index in [-0.39, 0.29) is 0 Å². The number of aliphatic hydroxyl groups is 1. The zero-order chi connectivity index (χ0) is 12.6. The van der Waals surface area contributed by atoms with Crippen molar-refractivity contribution in [3.63, 3.8) is 0 Å². The van der Waals surface area contributed by atoms with Crippen molar-refractivity contribution in [3.8, 4) is 0 Å². The van der Waals surface area contributed by atoms with Gasteiger partial charge in [-0.05, 0) is 12.3 Å². The average Bonchev–Trinajstić information content (AvgIpc) is 2.31. The second kappa shape index (κ2) is 8.05. The van der Waals surface area contributed by atoms with Gasteiger partial charge in [0.05, 0.1) is 11.8 Å². The van der Waals surface area contributed by atoms with Gasteiger partial charge in [-0.1, -0.05) is 27.7 Å². The Kier molecular flexibility index (Phi) is 7.46. The fourth-order valence-corrected chi connectivity index (χ4v) is 1.26. The maximum Gasteiger partial charge on any atom is 0.129 e. The Morgan fingerprint density at radius 2 is 1.94 bits per heavy atom. The lowest BCUT2D eigenvalue weighted by Gasteiger charge is -2.12. The molecule has 0 aliphatic rings. The molecule has 1 heterocycles. The summed E-state index contributed by atoms with van der Waals surface area (Å²) in [5.74, 6) is 1.19. The minimum absolute atomic E-state index is 0.456. The molecule has 4 heteroatoms. The molecule has 92 valence electrons. The topological polar surface area (TPSA) is 58.0 Å². The van der Waals surface area contributed by atoms with E-state index in [1.807, 2.05) is 13.8 Å². The van der Waals surface area contributed by atoms with Crippen molar-refractivity contribution in [2.45, 2.75) is 40.2 Å². The highest BCUT2D eigenvalue weighted by atomic mass is 16.3. The maximum atomic E-state index is 9.79. The Hall–Kier alpha value is -1.16. The summed E-state index contributed by atoms with van der Waals surface area (Å²) in [5.41, 5.74) is 0.679. The molecule has 0 aliphatic carbocycles. The number of nitrogens with zero attached hydrogens (tertiary/aromatic N) is 2. The number of aliphatic hydroxyl groups excluding tert-OH is 1. The normalized spacial score (nSPS) is 11.7. The largest absolute Gasteiger partial charge is 0.387 e. The van der Waals surface area contributed by atoms with Gasteiger partial charge in [0.2, 0.25) is 0 Å². The Bertz CT molecular complexity index is 289. The molecule has 1 atom stereocenters. The monoisotopic (exact) mass is 225 g/mol. The maximum absolute atomic E-state index is 9.79. The summed E-state index contributed by atoms with van der Waals surface area (Å²) in [5, 5.41) is 12.7. The number of hydrogen-bond acceptors (Lipinski definition) is 4. The zero-order valence-electron chi connectivity index (χ0n) is 10.9. The van der Waals surface area contributed by atoms with Gasteiger partial charge in [-0.3, -0.25) is 0 Å². The van der Waals surface area contributed by atoms with E-state index in [0.29, 0.717) is 11.6 Å². The summed E-state index contributed by atoms with van der Waals surface area (Å²) in [6.45, 7) is 8.15. The highest BCUT2D eigenvalue weighted by molar-refractivity contribution is 5.34. The van der Waals surface area contributed by atoms with Crippen LogP contribution in [0.15, 0.2) is 12.4 Å². The van der Waals surface area contributed by atoms with E-state index >= 15 is 0 Å². The first-order valence-corrected chi connectivity index (χ1v) is 5.81. The minimum Gasteiger partial charge on any atom is -0.387 e. The smallest absolute Gasteiger partial charge is 0.129 e. The molecule has 1 unspecified atom stereocenters. The first-order valence-electron chi connectivity index (χ1n) is 5.81. The van der Waals surface area contributed by atoms with Crippen LogP contribution in [0.3, 0.4) is 0 Å². The molecule has 0 fully saturated rings. The van der Waals surface area contributed by atoms with Crippen molar-refractivity contribution in [2.75, 3.05) is 12.4 Å². The standard InChI is InChI=1S/C10H17N3O.C2H6/c1-7(2)4-9(14)8-5-10(11-3)13-6-12-8;1-2/h5-7,9,14H,4H2,1-3H3,(H,11,12,13);1-2H3. The second-order valence-corrected chi connectivity index (χ2v) is 3.72. The summed E-state index contributed by atoms with van der Waals surface area (Å²) in [6, 6.07) is 1.77. The van der Waals surface area contributed by atoms with Gasteiger partial charge < -0.3 is 10.4 Å². The van der Waals surface area contributed by atoms with Crippen LogP contribution in [0.25, 0.3) is 0 Å². The number of rotatable bonds is 4. The molecule has 1 rings (SSSR count). The third-order valence-corrected chi connectivity index (χ3v) is 1.98. The van der Waals surface area contributed by atoms with Gasteiger partial charge in [0.25, 0.3) is 0 Å². The summed E-state index contributed by atoms with van der Waals surface area (Å²) >= 11 is 0. The second-order valence-electron chi connectivity index (χ2n) is 3.72. The van der Waals surface area contributed by atoms with E-state index in [2.05, 4.69) is 29.1 Å². The highest BCUT2D eigenvalue weighted by Crippen LogP contribution is 2.19. The first-order chi connectivity index (χ1) is 7.63. The Balaban J connectivity index is 0.00000106. The lowest BCUT2D eigenvalue weighted by molar-refractivity contribution is 0.146. The van der Waals surface area contributed by atoms with Crippen LogP contribution in [-0.4, -0.2) is 22.1 Å². The van der Waals surface area contributed by atoms with Crippen molar-refractivity contribution < 1.29 is 5.11 Å². The molecule has 0 saturated heterocycles. The molecule has 1 aromatic rings. The van der Waals surface area contributed by atoms with Gasteiger partial charge in [-0.25, -0.2) is 9.97 Å². The van der Waals surface area contributed by atoms with Crippen LogP contribution in [0.1, 0.15) is 45.9 Å². The van der Waals surface area contributed by atoms with E-state index in [0.717, 1.165) is 12.2 Å². The molecule has 0 aromatic carbocycles. The van der Waals surface area contributed by atoms with Crippen LogP contribution in [0, 0.1) is 5.92 Å². The van der Waals surface area contributed by atoms with Crippen molar-refractivity contribution in [3.05, 3.63) is 18.1 Å². The van der Waals surface area contributed by atoms with Gasteiger partial charge in [-0.15, -0.1) is 0 Å². The van der Waals surface area contributed by atoms with E-state index in [9.17, 15) is 5.11 Å². The molecule has 0 amide bonds. The molecule has 0 saturated carbocycles. The molecular formula is C12H23N3O.